The molecule has 1 fully saturated rings. The van der Waals surface area contributed by atoms with Gasteiger partial charge in [0.1, 0.15) is 5.60 Å². The molecule has 2 heterocycles. The van der Waals surface area contributed by atoms with E-state index in [1.54, 1.807) is 4.90 Å². The number of rotatable bonds is 1. The summed E-state index contributed by atoms with van der Waals surface area (Å²) >= 11 is 0. The number of aromatic nitrogens is 2. The summed E-state index contributed by atoms with van der Waals surface area (Å²) in [6, 6.07) is 0.512. The second kappa shape index (κ2) is 5.57. The number of carbonyl (C=O) groups excluding carboxylic acids is 1. The van der Waals surface area contributed by atoms with Crippen molar-refractivity contribution in [3.63, 3.8) is 0 Å². The van der Waals surface area contributed by atoms with Gasteiger partial charge in [0.2, 0.25) is 0 Å². The Morgan fingerprint density at radius 1 is 1.32 bits per heavy atom. The third kappa shape index (κ3) is 2.97. The second-order valence-corrected chi connectivity index (χ2v) is 7.33. The maximum atomic E-state index is 12.1. The van der Waals surface area contributed by atoms with Crippen LogP contribution in [0.4, 0.5) is 4.79 Å². The molecule has 1 unspecified atom stereocenters. The minimum atomic E-state index is -0.438. The lowest BCUT2D eigenvalue weighted by Gasteiger charge is -2.34. The van der Waals surface area contributed by atoms with Crippen LogP contribution in [0, 0.1) is 0 Å². The smallest absolute Gasteiger partial charge is 0.410 e. The zero-order chi connectivity index (χ0) is 15.9. The molecule has 0 saturated carbocycles. The average molecular weight is 306 g/mol. The number of fused-ring (bicyclic) bond motifs is 1. The topological polar surface area (TPSA) is 73.4 Å². The van der Waals surface area contributed by atoms with Crippen LogP contribution in [0.2, 0.25) is 0 Å². The van der Waals surface area contributed by atoms with E-state index in [4.69, 9.17) is 10.5 Å². The summed E-state index contributed by atoms with van der Waals surface area (Å²) in [5, 5.41) is 4.54. The van der Waals surface area contributed by atoms with E-state index in [-0.39, 0.29) is 12.1 Å². The van der Waals surface area contributed by atoms with E-state index in [2.05, 4.69) is 9.78 Å². The molecule has 2 aliphatic rings. The molecular weight excluding hydrogens is 280 g/mol. The van der Waals surface area contributed by atoms with Gasteiger partial charge in [0.25, 0.3) is 0 Å². The molecule has 0 radical (unpaired) electrons. The van der Waals surface area contributed by atoms with Crippen LogP contribution in [0.3, 0.4) is 0 Å². The summed E-state index contributed by atoms with van der Waals surface area (Å²) in [7, 11) is 0. The van der Waals surface area contributed by atoms with E-state index in [1.165, 1.54) is 11.3 Å². The largest absolute Gasteiger partial charge is 0.444 e. The van der Waals surface area contributed by atoms with Crippen molar-refractivity contribution in [3.8, 4) is 0 Å². The molecule has 1 atom stereocenters. The third-order valence-electron chi connectivity index (χ3n) is 4.48. The first-order chi connectivity index (χ1) is 10.3. The minimum Gasteiger partial charge on any atom is -0.444 e. The third-order valence-corrected chi connectivity index (χ3v) is 4.48. The van der Waals surface area contributed by atoms with E-state index in [9.17, 15) is 4.79 Å². The van der Waals surface area contributed by atoms with Crippen LogP contribution < -0.4 is 5.73 Å². The Labute approximate surface area is 131 Å². The molecule has 0 spiro atoms. The van der Waals surface area contributed by atoms with Crippen molar-refractivity contribution in [2.24, 2.45) is 5.73 Å². The van der Waals surface area contributed by atoms with Crippen molar-refractivity contribution in [1.29, 1.82) is 0 Å². The lowest BCUT2D eigenvalue weighted by atomic mass is 10.1. The molecule has 122 valence electrons. The molecule has 1 amide bonds. The number of piperidine rings is 1. The zero-order valence-corrected chi connectivity index (χ0v) is 13.7. The van der Waals surface area contributed by atoms with Gasteiger partial charge in [-0.1, -0.05) is 0 Å². The summed E-state index contributed by atoms with van der Waals surface area (Å²) in [5.41, 5.74) is 8.15. The number of likely N-dealkylation sites (tertiary alicyclic amines) is 1. The summed E-state index contributed by atoms with van der Waals surface area (Å²) < 4.78 is 7.59. The molecule has 1 aliphatic heterocycles. The Bertz CT molecular complexity index is 553. The molecule has 1 saturated heterocycles. The molecule has 1 aliphatic carbocycles. The van der Waals surface area contributed by atoms with Crippen LogP contribution in [0.15, 0.2) is 6.20 Å². The molecular formula is C16H26N4O2. The number of nitrogens with two attached hydrogens (primary N) is 1. The molecule has 2 N–H and O–H groups in total. The number of hydrogen-bond donors (Lipinski definition) is 1. The quantitative estimate of drug-likeness (QED) is 0.864. The fraction of sp³-hybridized carbons (Fsp3) is 0.750. The van der Waals surface area contributed by atoms with Gasteiger partial charge in [0, 0.05) is 30.4 Å². The highest BCUT2D eigenvalue weighted by molar-refractivity contribution is 5.68. The van der Waals surface area contributed by atoms with Crippen LogP contribution in [0.25, 0.3) is 0 Å². The first-order valence-electron chi connectivity index (χ1n) is 8.15. The maximum absolute atomic E-state index is 12.1. The normalized spacial score (nSPS) is 22.7. The van der Waals surface area contributed by atoms with E-state index in [0.717, 1.165) is 38.8 Å². The molecule has 0 bridgehead atoms. The van der Waals surface area contributed by atoms with Crippen molar-refractivity contribution in [1.82, 2.24) is 14.7 Å². The lowest BCUT2D eigenvalue weighted by molar-refractivity contribution is 0.0184. The Morgan fingerprint density at radius 2 is 2.00 bits per heavy atom. The molecule has 6 heteroatoms. The van der Waals surface area contributed by atoms with Gasteiger partial charge in [-0.05, 0) is 46.5 Å². The highest BCUT2D eigenvalue weighted by Gasteiger charge is 2.31. The molecule has 6 nitrogen and oxygen atoms in total. The zero-order valence-electron chi connectivity index (χ0n) is 13.7. The van der Waals surface area contributed by atoms with Gasteiger partial charge >= 0.3 is 6.09 Å². The molecule has 1 aromatic rings. The van der Waals surface area contributed by atoms with E-state index in [1.807, 2.05) is 27.0 Å². The molecule has 22 heavy (non-hydrogen) atoms. The van der Waals surface area contributed by atoms with Crippen LogP contribution >= 0.6 is 0 Å². The van der Waals surface area contributed by atoms with E-state index in [0.29, 0.717) is 6.04 Å². The SMILES string of the molecule is CC(C)(C)OC(=O)N1CCC(n2ncc3c2CCC3N)CC1. The number of hydrogen-bond acceptors (Lipinski definition) is 4. The number of amides is 1. The Balaban J connectivity index is 1.61. The first-order valence-corrected chi connectivity index (χ1v) is 8.15. The Kier molecular flexibility index (Phi) is 3.89. The van der Waals surface area contributed by atoms with Gasteiger partial charge in [-0.15, -0.1) is 0 Å². The van der Waals surface area contributed by atoms with Gasteiger partial charge < -0.3 is 15.4 Å². The number of nitrogens with zero attached hydrogens (tertiary/aromatic N) is 3. The van der Waals surface area contributed by atoms with Crippen molar-refractivity contribution < 1.29 is 9.53 Å². The van der Waals surface area contributed by atoms with Crippen molar-refractivity contribution in [2.75, 3.05) is 13.1 Å². The second-order valence-electron chi connectivity index (χ2n) is 7.33. The Morgan fingerprint density at radius 3 is 2.64 bits per heavy atom. The Hall–Kier alpha value is -1.56. The fourth-order valence-corrected chi connectivity index (χ4v) is 3.35. The summed E-state index contributed by atoms with van der Waals surface area (Å²) in [6.07, 6.45) is 5.59. The summed E-state index contributed by atoms with van der Waals surface area (Å²) in [4.78, 5) is 13.9. The highest BCUT2D eigenvalue weighted by Crippen LogP contribution is 2.33. The predicted octanol–water partition coefficient (Wildman–Crippen LogP) is 2.40. The lowest BCUT2D eigenvalue weighted by Crippen LogP contribution is -2.42. The van der Waals surface area contributed by atoms with Gasteiger partial charge in [0.05, 0.1) is 12.2 Å². The van der Waals surface area contributed by atoms with Gasteiger partial charge in [-0.3, -0.25) is 4.68 Å². The summed E-state index contributed by atoms with van der Waals surface area (Å²) in [6.45, 7) is 7.14. The highest BCUT2D eigenvalue weighted by atomic mass is 16.6. The predicted molar refractivity (Wildman–Crippen MR) is 83.6 cm³/mol. The monoisotopic (exact) mass is 306 g/mol. The van der Waals surface area contributed by atoms with E-state index < -0.39 is 5.60 Å². The van der Waals surface area contributed by atoms with Crippen LogP contribution in [0.5, 0.6) is 0 Å². The molecule has 0 aromatic carbocycles. The minimum absolute atomic E-state index is 0.144. The molecule has 3 rings (SSSR count). The summed E-state index contributed by atoms with van der Waals surface area (Å²) in [5.74, 6) is 0. The van der Waals surface area contributed by atoms with Gasteiger partial charge in [0.15, 0.2) is 0 Å². The van der Waals surface area contributed by atoms with Crippen LogP contribution in [-0.4, -0.2) is 39.5 Å². The van der Waals surface area contributed by atoms with Crippen molar-refractivity contribution in [3.05, 3.63) is 17.5 Å². The average Bonchev–Trinajstić information content (AvgIpc) is 3.01. The molecule has 1 aromatic heterocycles. The maximum Gasteiger partial charge on any atom is 0.410 e. The fourth-order valence-electron chi connectivity index (χ4n) is 3.35. The van der Waals surface area contributed by atoms with Crippen LogP contribution in [0.1, 0.15) is 63.4 Å². The van der Waals surface area contributed by atoms with Crippen molar-refractivity contribution in [2.45, 2.75) is 64.1 Å². The number of carbonyl (C=O) groups is 1. The van der Waals surface area contributed by atoms with E-state index >= 15 is 0 Å². The number of ether oxygens (including phenoxy) is 1. The van der Waals surface area contributed by atoms with Crippen LogP contribution in [-0.2, 0) is 11.2 Å². The van der Waals surface area contributed by atoms with Crippen molar-refractivity contribution >= 4 is 6.09 Å². The van der Waals surface area contributed by atoms with Gasteiger partial charge in [-0.25, -0.2) is 4.79 Å². The standard InChI is InChI=1S/C16H26N4O2/c1-16(2,3)22-15(21)19-8-6-11(7-9-19)20-14-5-4-13(17)12(14)10-18-20/h10-11,13H,4-9,17H2,1-3H3. The first kappa shape index (κ1) is 15.3. The van der Waals surface area contributed by atoms with Gasteiger partial charge in [-0.2, -0.15) is 5.10 Å².